The Bertz CT molecular complexity index is 145. The molecule has 0 unspecified atom stereocenters. The van der Waals surface area contributed by atoms with Crippen LogP contribution in [-0.4, -0.2) is 12.2 Å². The summed E-state index contributed by atoms with van der Waals surface area (Å²) in [5.41, 5.74) is 0. The van der Waals surface area contributed by atoms with Crippen LogP contribution in [0.25, 0.3) is 0 Å². The van der Waals surface area contributed by atoms with Gasteiger partial charge in [0, 0.05) is 0 Å². The molecule has 0 saturated heterocycles. The molecule has 0 bridgehead atoms. The Morgan fingerprint density at radius 3 is 1.40 bits per heavy atom. The van der Waals surface area contributed by atoms with E-state index in [9.17, 15) is 0 Å². The minimum absolute atomic E-state index is 0.294. The maximum Gasteiger partial charge on any atom is 0.155 e. The third kappa shape index (κ3) is 4.38. The topological polar surface area (TPSA) is 18.5 Å². The lowest BCUT2D eigenvalue weighted by atomic mass is 9.98. The first-order valence-corrected chi connectivity index (χ1v) is 7.33. The van der Waals surface area contributed by atoms with E-state index >= 15 is 0 Å². The van der Waals surface area contributed by atoms with E-state index in [-0.39, 0.29) is 0 Å². The van der Waals surface area contributed by atoms with E-state index in [0.717, 1.165) is 0 Å². The van der Waals surface area contributed by atoms with E-state index in [1.54, 1.807) is 0 Å². The van der Waals surface area contributed by atoms with Crippen molar-refractivity contribution >= 4 is 9.03 Å². The van der Waals surface area contributed by atoms with Gasteiger partial charge in [-0.05, 0) is 25.7 Å². The van der Waals surface area contributed by atoms with Gasteiger partial charge in [-0.15, -0.1) is 0 Å². The monoisotopic (exact) mass is 230 g/mol. The van der Waals surface area contributed by atoms with Crippen molar-refractivity contribution < 1.29 is 9.05 Å². The first-order chi connectivity index (χ1) is 7.45. The van der Waals surface area contributed by atoms with E-state index in [1.165, 1.54) is 64.2 Å². The zero-order valence-corrected chi connectivity index (χ0v) is 10.5. The van der Waals surface area contributed by atoms with Crippen LogP contribution in [0.2, 0.25) is 0 Å². The van der Waals surface area contributed by atoms with Crippen LogP contribution in [0.1, 0.15) is 64.2 Å². The Balaban J connectivity index is 1.53. The molecule has 0 heterocycles. The summed E-state index contributed by atoms with van der Waals surface area (Å²) < 4.78 is 11.6. The predicted molar refractivity (Wildman–Crippen MR) is 64.2 cm³/mol. The van der Waals surface area contributed by atoms with Crippen molar-refractivity contribution in [3.63, 3.8) is 0 Å². The summed E-state index contributed by atoms with van der Waals surface area (Å²) >= 11 is 0. The van der Waals surface area contributed by atoms with E-state index in [1.807, 2.05) is 0 Å². The zero-order chi connectivity index (χ0) is 10.3. The highest BCUT2D eigenvalue weighted by atomic mass is 31.1. The van der Waals surface area contributed by atoms with E-state index in [4.69, 9.17) is 9.05 Å². The summed E-state index contributed by atoms with van der Waals surface area (Å²) in [6, 6.07) is 0. The van der Waals surface area contributed by atoms with Gasteiger partial charge in [-0.2, -0.15) is 0 Å². The fourth-order valence-corrected chi connectivity index (χ4v) is 3.33. The van der Waals surface area contributed by atoms with Gasteiger partial charge in [0.25, 0.3) is 0 Å². The van der Waals surface area contributed by atoms with Crippen molar-refractivity contribution in [1.82, 2.24) is 0 Å². The summed E-state index contributed by atoms with van der Waals surface area (Å²) in [6.45, 7) is 0. The second-order valence-corrected chi connectivity index (χ2v) is 5.48. The Morgan fingerprint density at radius 1 is 0.600 bits per heavy atom. The Hall–Kier alpha value is 0.350. The fraction of sp³-hybridized carbons (Fsp3) is 1.00. The summed E-state index contributed by atoms with van der Waals surface area (Å²) in [5.74, 6) is 0. The van der Waals surface area contributed by atoms with Gasteiger partial charge >= 0.3 is 0 Å². The van der Waals surface area contributed by atoms with E-state index in [2.05, 4.69) is 0 Å². The Kier molecular flexibility index (Phi) is 5.38. The van der Waals surface area contributed by atoms with Crippen LogP contribution in [0.15, 0.2) is 0 Å². The summed E-state index contributed by atoms with van der Waals surface area (Å²) in [6.07, 6.45) is 14.2. The molecule has 0 radical (unpaired) electrons. The average molecular weight is 230 g/mol. The van der Waals surface area contributed by atoms with Crippen molar-refractivity contribution in [2.24, 2.45) is 0 Å². The van der Waals surface area contributed by atoms with Gasteiger partial charge in [0.05, 0.1) is 12.2 Å². The van der Waals surface area contributed by atoms with Crippen LogP contribution in [0, 0.1) is 0 Å². The Morgan fingerprint density at radius 2 is 1.00 bits per heavy atom. The SMILES string of the molecule is C1CCC(OPOC2CCCCC2)CC1. The molecule has 2 aliphatic rings. The fourth-order valence-electron chi connectivity index (χ4n) is 2.53. The summed E-state index contributed by atoms with van der Waals surface area (Å²) in [4.78, 5) is 0. The first kappa shape index (κ1) is 11.8. The number of hydrogen-bond donors (Lipinski definition) is 0. The first-order valence-electron chi connectivity index (χ1n) is 6.51. The molecule has 15 heavy (non-hydrogen) atoms. The zero-order valence-electron chi connectivity index (χ0n) is 9.54. The largest absolute Gasteiger partial charge is 0.333 e. The predicted octanol–water partition coefficient (Wildman–Crippen LogP) is 4.19. The van der Waals surface area contributed by atoms with Crippen molar-refractivity contribution in [2.75, 3.05) is 0 Å². The molecule has 2 saturated carbocycles. The maximum atomic E-state index is 5.79. The molecule has 0 aromatic heterocycles. The van der Waals surface area contributed by atoms with Gasteiger partial charge in [-0.3, -0.25) is 0 Å². The molecular formula is C12H23O2P. The lowest BCUT2D eigenvalue weighted by Gasteiger charge is -2.25. The third-order valence-electron chi connectivity index (χ3n) is 3.53. The van der Waals surface area contributed by atoms with Crippen LogP contribution in [0.3, 0.4) is 0 Å². The van der Waals surface area contributed by atoms with Crippen molar-refractivity contribution in [1.29, 1.82) is 0 Å². The smallest absolute Gasteiger partial charge is 0.155 e. The summed E-state index contributed by atoms with van der Waals surface area (Å²) in [5, 5.41) is 0. The Labute approximate surface area is 95.1 Å². The molecule has 0 atom stereocenters. The molecule has 2 rings (SSSR count). The molecule has 0 aromatic carbocycles. The highest BCUT2D eigenvalue weighted by molar-refractivity contribution is 7.26. The third-order valence-corrected chi connectivity index (χ3v) is 4.39. The number of rotatable bonds is 4. The normalized spacial score (nSPS) is 25.6. The molecule has 2 aliphatic carbocycles. The minimum atomic E-state index is 0.294. The lowest BCUT2D eigenvalue weighted by Crippen LogP contribution is -2.15. The number of hydrogen-bond acceptors (Lipinski definition) is 2. The molecule has 0 spiro atoms. The van der Waals surface area contributed by atoms with Gasteiger partial charge in [0.15, 0.2) is 9.03 Å². The highest BCUT2D eigenvalue weighted by Gasteiger charge is 2.17. The molecule has 0 N–H and O–H groups in total. The van der Waals surface area contributed by atoms with Gasteiger partial charge in [-0.25, -0.2) is 0 Å². The highest BCUT2D eigenvalue weighted by Crippen LogP contribution is 2.31. The van der Waals surface area contributed by atoms with Crippen LogP contribution >= 0.6 is 9.03 Å². The van der Waals surface area contributed by atoms with Crippen molar-refractivity contribution in [3.05, 3.63) is 0 Å². The van der Waals surface area contributed by atoms with Gasteiger partial charge in [0.2, 0.25) is 0 Å². The quantitative estimate of drug-likeness (QED) is 0.674. The molecule has 0 aromatic rings. The van der Waals surface area contributed by atoms with Crippen molar-refractivity contribution in [3.8, 4) is 0 Å². The van der Waals surface area contributed by atoms with E-state index in [0.29, 0.717) is 21.2 Å². The van der Waals surface area contributed by atoms with Crippen LogP contribution in [0.4, 0.5) is 0 Å². The second-order valence-electron chi connectivity index (χ2n) is 4.84. The lowest BCUT2D eigenvalue weighted by molar-refractivity contribution is 0.114. The van der Waals surface area contributed by atoms with Gasteiger partial charge in [0.1, 0.15) is 0 Å². The molecule has 0 aliphatic heterocycles. The standard InChI is InChI=1S/C12H23O2P/c1-3-7-11(8-4-1)13-15-14-12-9-5-2-6-10-12/h11-12,15H,1-10H2. The maximum absolute atomic E-state index is 5.79. The molecule has 0 amide bonds. The van der Waals surface area contributed by atoms with Gasteiger partial charge < -0.3 is 9.05 Å². The molecule has 2 nitrogen and oxygen atoms in total. The van der Waals surface area contributed by atoms with Crippen LogP contribution < -0.4 is 0 Å². The van der Waals surface area contributed by atoms with Crippen LogP contribution in [-0.2, 0) is 9.05 Å². The molecular weight excluding hydrogens is 207 g/mol. The van der Waals surface area contributed by atoms with Gasteiger partial charge in [-0.1, -0.05) is 38.5 Å². The molecule has 3 heteroatoms. The average Bonchev–Trinajstić information content (AvgIpc) is 2.32. The summed E-state index contributed by atoms with van der Waals surface area (Å²) in [7, 11) is 0.294. The minimum Gasteiger partial charge on any atom is -0.333 e. The van der Waals surface area contributed by atoms with Crippen LogP contribution in [0.5, 0.6) is 0 Å². The molecule has 88 valence electrons. The molecule has 2 fully saturated rings. The second kappa shape index (κ2) is 6.83. The van der Waals surface area contributed by atoms with Crippen molar-refractivity contribution in [2.45, 2.75) is 76.4 Å². The van der Waals surface area contributed by atoms with E-state index < -0.39 is 0 Å².